The summed E-state index contributed by atoms with van der Waals surface area (Å²) in [6, 6.07) is 0. The van der Waals surface area contributed by atoms with Gasteiger partial charge < -0.3 is 28.9 Å². The van der Waals surface area contributed by atoms with Crippen molar-refractivity contribution in [1.82, 2.24) is 0 Å². The Morgan fingerprint density at radius 2 is 0.917 bits per heavy atom. The first-order valence-corrected chi connectivity index (χ1v) is 15.8. The van der Waals surface area contributed by atoms with E-state index < -0.39 is 10.4 Å². The molecule has 0 aromatic heterocycles. The first-order chi connectivity index (χ1) is 17.1. The van der Waals surface area contributed by atoms with Gasteiger partial charge in [-0.15, -0.1) is 0 Å². The molecule has 0 aromatic carbocycles. The monoisotopic (exact) mass is 540 g/mol. The standard InChI is InChI=1S/C27H58NO3.H2O4S/c1-3-4-5-6-7-8-9-10-11-12-13-14-15-16-21-28(23-18-25-29,24-19-26-30)22-17-20-27(2)31;1-5(2,3)4/h27,29-31H,3-26H2,1-2H3;(H2,1,2,3,4)/q+1;/p-2. The van der Waals surface area contributed by atoms with E-state index >= 15 is 0 Å². The van der Waals surface area contributed by atoms with Crippen molar-refractivity contribution in [3.8, 4) is 0 Å². The molecule has 0 aliphatic rings. The average molecular weight is 541 g/mol. The summed E-state index contributed by atoms with van der Waals surface area (Å²) in [7, 11) is -5.17. The number of rotatable bonds is 25. The number of aliphatic hydroxyl groups excluding tert-OH is 3. The minimum absolute atomic E-state index is 0.237. The molecule has 0 aliphatic heterocycles. The molecule has 9 heteroatoms. The Hall–Kier alpha value is -0.290. The second-order valence-electron chi connectivity index (χ2n) is 10.4. The molecule has 0 amide bonds. The zero-order chi connectivity index (χ0) is 27.5. The lowest BCUT2D eigenvalue weighted by atomic mass is 10.0. The van der Waals surface area contributed by atoms with E-state index in [1.165, 1.54) is 89.9 Å². The molecule has 0 aliphatic carbocycles. The fourth-order valence-electron chi connectivity index (χ4n) is 4.85. The van der Waals surface area contributed by atoms with Crippen LogP contribution in [0.3, 0.4) is 0 Å². The lowest BCUT2D eigenvalue weighted by Gasteiger charge is -2.39. The van der Waals surface area contributed by atoms with Crippen molar-refractivity contribution in [3.63, 3.8) is 0 Å². The third kappa shape index (κ3) is 31.7. The summed E-state index contributed by atoms with van der Waals surface area (Å²) in [6.45, 7) is 8.83. The highest BCUT2D eigenvalue weighted by Gasteiger charge is 2.25. The van der Waals surface area contributed by atoms with Gasteiger partial charge in [-0.1, -0.05) is 84.0 Å². The Labute approximate surface area is 222 Å². The van der Waals surface area contributed by atoms with E-state index in [2.05, 4.69) is 6.92 Å². The Balaban J connectivity index is 0. The first kappa shape index (κ1) is 37.9. The minimum atomic E-state index is -5.17. The fraction of sp³-hybridized carbons (Fsp3) is 1.00. The highest BCUT2D eigenvalue weighted by atomic mass is 32.3. The lowest BCUT2D eigenvalue weighted by Crippen LogP contribution is -2.51. The van der Waals surface area contributed by atoms with Crippen molar-refractivity contribution in [3.05, 3.63) is 0 Å². The molecule has 3 N–H and O–H groups in total. The molecule has 0 heterocycles. The van der Waals surface area contributed by atoms with E-state index in [0.29, 0.717) is 0 Å². The lowest BCUT2D eigenvalue weighted by molar-refractivity contribution is -0.929. The van der Waals surface area contributed by atoms with E-state index in [-0.39, 0.29) is 19.3 Å². The topological polar surface area (TPSA) is 141 Å². The highest BCUT2D eigenvalue weighted by Crippen LogP contribution is 2.18. The van der Waals surface area contributed by atoms with Crippen LogP contribution in [-0.4, -0.2) is 82.8 Å². The quantitative estimate of drug-likeness (QED) is 0.0649. The van der Waals surface area contributed by atoms with Gasteiger partial charge in [-0.25, -0.2) is 0 Å². The van der Waals surface area contributed by atoms with Gasteiger partial charge in [0.25, 0.3) is 0 Å². The van der Waals surface area contributed by atoms with Crippen LogP contribution in [0.15, 0.2) is 0 Å². The van der Waals surface area contributed by atoms with E-state index in [1.807, 2.05) is 6.92 Å². The van der Waals surface area contributed by atoms with Gasteiger partial charge in [-0.2, -0.15) is 0 Å². The van der Waals surface area contributed by atoms with Gasteiger partial charge in [-0.3, -0.25) is 8.42 Å². The minimum Gasteiger partial charge on any atom is -0.759 e. The molecule has 8 nitrogen and oxygen atoms in total. The third-order valence-corrected chi connectivity index (χ3v) is 6.82. The molecular formula is C27H58NO7S-. The smallest absolute Gasteiger partial charge is 0.0808 e. The van der Waals surface area contributed by atoms with Gasteiger partial charge in [0.05, 0.1) is 32.3 Å². The molecule has 220 valence electrons. The zero-order valence-electron chi connectivity index (χ0n) is 23.4. The molecule has 1 atom stereocenters. The Morgan fingerprint density at radius 3 is 1.25 bits per heavy atom. The second kappa shape index (κ2) is 26.3. The Kier molecular flexibility index (Phi) is 27.7. The van der Waals surface area contributed by atoms with E-state index in [9.17, 15) is 15.3 Å². The first-order valence-electron chi connectivity index (χ1n) is 14.5. The molecule has 0 saturated heterocycles. The van der Waals surface area contributed by atoms with E-state index in [1.54, 1.807) is 0 Å². The number of quaternary nitrogens is 1. The van der Waals surface area contributed by atoms with Gasteiger partial charge in [-0.05, 0) is 32.6 Å². The summed E-state index contributed by atoms with van der Waals surface area (Å²) in [4.78, 5) is 0. The molecule has 0 fully saturated rings. The summed E-state index contributed by atoms with van der Waals surface area (Å²) in [6.07, 6.45) is 22.6. The molecule has 1 unspecified atom stereocenters. The number of aliphatic hydroxyl groups is 3. The molecule has 0 aromatic rings. The summed E-state index contributed by atoms with van der Waals surface area (Å²) in [5.74, 6) is 0. The molecule has 0 radical (unpaired) electrons. The van der Waals surface area contributed by atoms with E-state index in [0.717, 1.165) is 56.3 Å². The summed E-state index contributed by atoms with van der Waals surface area (Å²) in [5.41, 5.74) is 0. The number of unbranched alkanes of at least 4 members (excludes halogenated alkanes) is 13. The largest absolute Gasteiger partial charge is 0.759 e. The van der Waals surface area contributed by atoms with Gasteiger partial charge in [0.2, 0.25) is 0 Å². The van der Waals surface area contributed by atoms with Crippen molar-refractivity contribution in [2.24, 2.45) is 0 Å². The summed E-state index contributed by atoms with van der Waals surface area (Å²) in [5, 5.41) is 28.4. The Morgan fingerprint density at radius 1 is 0.611 bits per heavy atom. The van der Waals surface area contributed by atoms with Crippen LogP contribution in [0.25, 0.3) is 0 Å². The number of hydrogen-bond donors (Lipinski definition) is 3. The van der Waals surface area contributed by atoms with Crippen molar-refractivity contribution in [2.45, 2.75) is 136 Å². The predicted molar refractivity (Wildman–Crippen MR) is 145 cm³/mol. The van der Waals surface area contributed by atoms with Crippen LogP contribution in [0.2, 0.25) is 0 Å². The van der Waals surface area contributed by atoms with Crippen molar-refractivity contribution < 1.29 is 37.3 Å². The maximum absolute atomic E-state index is 9.62. The fourth-order valence-corrected chi connectivity index (χ4v) is 4.85. The van der Waals surface area contributed by atoms with Crippen molar-refractivity contribution in [2.75, 3.05) is 39.4 Å². The van der Waals surface area contributed by atoms with Crippen LogP contribution < -0.4 is 0 Å². The van der Waals surface area contributed by atoms with Crippen LogP contribution in [0, 0.1) is 0 Å². The van der Waals surface area contributed by atoms with Gasteiger partial charge >= 0.3 is 0 Å². The van der Waals surface area contributed by atoms with Crippen molar-refractivity contribution >= 4 is 10.4 Å². The van der Waals surface area contributed by atoms with Crippen LogP contribution in [0.4, 0.5) is 0 Å². The average Bonchev–Trinajstić information content (AvgIpc) is 2.80. The zero-order valence-corrected chi connectivity index (χ0v) is 24.2. The number of nitrogens with zero attached hydrogens (tertiary/aromatic N) is 1. The highest BCUT2D eigenvalue weighted by molar-refractivity contribution is 7.79. The van der Waals surface area contributed by atoms with Crippen LogP contribution in [0.5, 0.6) is 0 Å². The molecular weight excluding hydrogens is 482 g/mol. The van der Waals surface area contributed by atoms with Gasteiger partial charge in [0.1, 0.15) is 0 Å². The van der Waals surface area contributed by atoms with Gasteiger partial charge in [0.15, 0.2) is 0 Å². The normalized spacial score (nSPS) is 12.9. The summed E-state index contributed by atoms with van der Waals surface area (Å²) < 4.78 is 35.1. The third-order valence-electron chi connectivity index (χ3n) is 6.82. The molecule has 0 spiro atoms. The maximum Gasteiger partial charge on any atom is 0.0808 e. The van der Waals surface area contributed by atoms with Crippen LogP contribution in [0.1, 0.15) is 129 Å². The molecule has 0 rings (SSSR count). The van der Waals surface area contributed by atoms with Gasteiger partial charge in [0, 0.05) is 36.5 Å². The van der Waals surface area contributed by atoms with Crippen LogP contribution in [-0.2, 0) is 10.4 Å². The number of hydrogen-bond acceptors (Lipinski definition) is 7. The molecule has 0 bridgehead atoms. The maximum atomic E-state index is 9.62. The van der Waals surface area contributed by atoms with E-state index in [4.69, 9.17) is 17.5 Å². The van der Waals surface area contributed by atoms with Crippen molar-refractivity contribution in [1.29, 1.82) is 0 Å². The second-order valence-corrected chi connectivity index (χ2v) is 11.2. The van der Waals surface area contributed by atoms with Crippen LogP contribution >= 0.6 is 0 Å². The Bertz CT molecular complexity index is 528. The molecule has 36 heavy (non-hydrogen) atoms. The predicted octanol–water partition coefficient (Wildman–Crippen LogP) is 4.87. The SMILES string of the molecule is CCCCCCCCCCCCCCCC[N+](CCCO)(CCCO)CCCC(C)O.O=S(=O)([O-])[O-]. The summed E-state index contributed by atoms with van der Waals surface area (Å²) >= 11 is 0. The molecule has 0 saturated carbocycles.